The molecular weight excluding hydrogens is 306 g/mol. The van der Waals surface area contributed by atoms with Gasteiger partial charge in [0.15, 0.2) is 5.89 Å². The number of hydrogen-bond donors (Lipinski definition) is 1. The molecule has 2 heterocycles. The number of carbonyl (C=O) groups is 2. The molecule has 0 bridgehead atoms. The van der Waals surface area contributed by atoms with Crippen molar-refractivity contribution < 1.29 is 14.0 Å². The molecule has 1 N–H and O–H groups in total. The van der Waals surface area contributed by atoms with Crippen LogP contribution < -0.4 is 5.32 Å². The highest BCUT2D eigenvalue weighted by molar-refractivity contribution is 5.92. The van der Waals surface area contributed by atoms with E-state index < -0.39 is 0 Å². The van der Waals surface area contributed by atoms with E-state index in [4.69, 9.17) is 4.42 Å². The molecule has 6 heteroatoms. The molecule has 0 spiro atoms. The quantitative estimate of drug-likeness (QED) is 0.897. The van der Waals surface area contributed by atoms with Crippen molar-refractivity contribution in [1.29, 1.82) is 0 Å². The SMILES string of the molecule is CC(=O)N[C@@H](C)C1CCN(C(=O)c2oc(CC3CC3)nc2C)CC1. The Morgan fingerprint density at radius 2 is 1.96 bits per heavy atom. The van der Waals surface area contributed by atoms with E-state index in [2.05, 4.69) is 10.3 Å². The summed E-state index contributed by atoms with van der Waals surface area (Å²) in [5, 5.41) is 2.95. The van der Waals surface area contributed by atoms with Gasteiger partial charge < -0.3 is 14.6 Å². The number of nitrogens with zero attached hydrogens (tertiary/aromatic N) is 2. The first kappa shape index (κ1) is 17.0. The number of hydrogen-bond acceptors (Lipinski definition) is 4. The predicted molar refractivity (Wildman–Crippen MR) is 89.6 cm³/mol. The van der Waals surface area contributed by atoms with Crippen LogP contribution in [0.1, 0.15) is 61.7 Å². The van der Waals surface area contributed by atoms with Gasteiger partial charge in [0, 0.05) is 32.5 Å². The smallest absolute Gasteiger partial charge is 0.291 e. The van der Waals surface area contributed by atoms with Gasteiger partial charge in [0.05, 0.1) is 5.69 Å². The number of rotatable bonds is 5. The van der Waals surface area contributed by atoms with Crippen LogP contribution in [0.2, 0.25) is 0 Å². The van der Waals surface area contributed by atoms with Gasteiger partial charge in [-0.3, -0.25) is 9.59 Å². The summed E-state index contributed by atoms with van der Waals surface area (Å²) in [6.07, 6.45) is 5.13. The lowest BCUT2D eigenvalue weighted by Crippen LogP contribution is -2.45. The number of oxazole rings is 1. The minimum absolute atomic E-state index is 0.00137. The lowest BCUT2D eigenvalue weighted by Gasteiger charge is -2.34. The Labute approximate surface area is 143 Å². The minimum atomic E-state index is -0.0484. The van der Waals surface area contributed by atoms with Crippen LogP contribution in [0, 0.1) is 18.8 Å². The lowest BCUT2D eigenvalue weighted by molar-refractivity contribution is -0.120. The second kappa shape index (κ2) is 6.95. The highest BCUT2D eigenvalue weighted by Gasteiger charge is 2.31. The molecule has 2 aliphatic rings. The maximum atomic E-state index is 12.7. The van der Waals surface area contributed by atoms with Gasteiger partial charge in [0.25, 0.3) is 5.91 Å². The highest BCUT2D eigenvalue weighted by Crippen LogP contribution is 2.33. The fourth-order valence-electron chi connectivity index (χ4n) is 3.49. The van der Waals surface area contributed by atoms with Crippen LogP contribution in [0.3, 0.4) is 0 Å². The minimum Gasteiger partial charge on any atom is -0.435 e. The number of amides is 2. The molecule has 6 nitrogen and oxygen atoms in total. The van der Waals surface area contributed by atoms with Crippen molar-refractivity contribution >= 4 is 11.8 Å². The highest BCUT2D eigenvalue weighted by atomic mass is 16.4. The first-order chi connectivity index (χ1) is 11.4. The van der Waals surface area contributed by atoms with E-state index >= 15 is 0 Å². The van der Waals surface area contributed by atoms with Crippen molar-refractivity contribution in [2.24, 2.45) is 11.8 Å². The van der Waals surface area contributed by atoms with Crippen molar-refractivity contribution in [2.45, 2.75) is 58.9 Å². The zero-order valence-electron chi connectivity index (χ0n) is 14.8. The molecule has 3 rings (SSSR count). The summed E-state index contributed by atoms with van der Waals surface area (Å²) in [6.45, 7) is 6.82. The number of aromatic nitrogens is 1. The van der Waals surface area contributed by atoms with Crippen LogP contribution in [0.4, 0.5) is 0 Å². The first-order valence-electron chi connectivity index (χ1n) is 8.96. The predicted octanol–water partition coefficient (Wildman–Crippen LogP) is 2.31. The Hall–Kier alpha value is -1.85. The molecule has 0 aromatic carbocycles. The van der Waals surface area contributed by atoms with Crippen LogP contribution in [0.25, 0.3) is 0 Å². The summed E-state index contributed by atoms with van der Waals surface area (Å²) in [5.41, 5.74) is 0.699. The molecule has 1 aliphatic heterocycles. The molecule has 1 aromatic rings. The number of aryl methyl sites for hydroxylation is 1. The van der Waals surface area contributed by atoms with Crippen molar-refractivity contribution in [3.05, 3.63) is 17.3 Å². The molecule has 1 aromatic heterocycles. The van der Waals surface area contributed by atoms with E-state index in [0.29, 0.717) is 42.3 Å². The first-order valence-corrected chi connectivity index (χ1v) is 8.96. The van der Waals surface area contributed by atoms with E-state index in [1.165, 1.54) is 12.8 Å². The Morgan fingerprint density at radius 1 is 1.29 bits per heavy atom. The monoisotopic (exact) mass is 333 g/mol. The molecule has 2 fully saturated rings. The molecule has 2 amide bonds. The van der Waals surface area contributed by atoms with Gasteiger partial charge in [0.1, 0.15) is 0 Å². The summed E-state index contributed by atoms with van der Waals surface area (Å²) < 4.78 is 5.75. The molecule has 1 saturated carbocycles. The molecule has 132 valence electrons. The van der Waals surface area contributed by atoms with E-state index in [0.717, 1.165) is 19.3 Å². The Bertz CT molecular complexity index is 613. The number of nitrogens with one attached hydrogen (secondary N) is 1. The maximum Gasteiger partial charge on any atom is 0.291 e. The average Bonchev–Trinajstić information content (AvgIpc) is 3.27. The average molecular weight is 333 g/mol. The summed E-state index contributed by atoms with van der Waals surface area (Å²) in [7, 11) is 0. The van der Waals surface area contributed by atoms with Crippen molar-refractivity contribution in [1.82, 2.24) is 15.2 Å². The Morgan fingerprint density at radius 3 is 2.54 bits per heavy atom. The van der Waals surface area contributed by atoms with E-state index in [1.54, 1.807) is 6.92 Å². The van der Waals surface area contributed by atoms with E-state index in [9.17, 15) is 9.59 Å². The van der Waals surface area contributed by atoms with Crippen molar-refractivity contribution in [3.63, 3.8) is 0 Å². The molecule has 0 radical (unpaired) electrons. The normalized spacial score (nSPS) is 20.0. The Balaban J connectivity index is 1.56. The largest absolute Gasteiger partial charge is 0.435 e. The van der Waals surface area contributed by atoms with E-state index in [-0.39, 0.29) is 17.9 Å². The second-order valence-electron chi connectivity index (χ2n) is 7.29. The van der Waals surface area contributed by atoms with Gasteiger partial charge in [-0.2, -0.15) is 0 Å². The zero-order chi connectivity index (χ0) is 17.3. The van der Waals surface area contributed by atoms with Gasteiger partial charge in [-0.05, 0) is 51.4 Å². The van der Waals surface area contributed by atoms with E-state index in [1.807, 2.05) is 18.7 Å². The van der Waals surface area contributed by atoms with Crippen molar-refractivity contribution in [2.75, 3.05) is 13.1 Å². The Kier molecular flexibility index (Phi) is 4.92. The lowest BCUT2D eigenvalue weighted by atomic mass is 9.90. The summed E-state index contributed by atoms with van der Waals surface area (Å²) in [6, 6.07) is 0.150. The van der Waals surface area contributed by atoms with Gasteiger partial charge in [-0.1, -0.05) is 0 Å². The van der Waals surface area contributed by atoms with Gasteiger partial charge in [-0.15, -0.1) is 0 Å². The van der Waals surface area contributed by atoms with Gasteiger partial charge in [-0.25, -0.2) is 4.98 Å². The summed E-state index contributed by atoms with van der Waals surface area (Å²) in [4.78, 5) is 30.2. The third kappa shape index (κ3) is 3.97. The maximum absolute atomic E-state index is 12.7. The second-order valence-corrected chi connectivity index (χ2v) is 7.29. The van der Waals surface area contributed by atoms with Crippen LogP contribution in [-0.2, 0) is 11.2 Å². The zero-order valence-corrected chi connectivity index (χ0v) is 14.8. The summed E-state index contributed by atoms with van der Waals surface area (Å²) in [5.74, 6) is 2.16. The summed E-state index contributed by atoms with van der Waals surface area (Å²) >= 11 is 0. The van der Waals surface area contributed by atoms with Crippen LogP contribution >= 0.6 is 0 Å². The third-order valence-corrected chi connectivity index (χ3v) is 5.16. The van der Waals surface area contributed by atoms with Crippen LogP contribution in [0.5, 0.6) is 0 Å². The number of likely N-dealkylation sites (tertiary alicyclic amines) is 1. The number of carbonyl (C=O) groups excluding carboxylic acids is 2. The van der Waals surface area contributed by atoms with Gasteiger partial charge >= 0.3 is 0 Å². The molecule has 1 aliphatic carbocycles. The molecule has 0 unspecified atom stereocenters. The third-order valence-electron chi connectivity index (χ3n) is 5.16. The fourth-order valence-corrected chi connectivity index (χ4v) is 3.49. The molecule has 24 heavy (non-hydrogen) atoms. The fraction of sp³-hybridized carbons (Fsp3) is 0.722. The topological polar surface area (TPSA) is 75.4 Å². The molecular formula is C18H27N3O3. The van der Waals surface area contributed by atoms with Crippen LogP contribution in [0.15, 0.2) is 4.42 Å². The molecule has 1 saturated heterocycles. The van der Waals surface area contributed by atoms with Crippen LogP contribution in [-0.4, -0.2) is 40.8 Å². The molecule has 1 atom stereocenters. The van der Waals surface area contributed by atoms with Gasteiger partial charge in [0.2, 0.25) is 11.7 Å². The standard InChI is InChI=1S/C18H27N3O3/c1-11(19-13(3)22)15-6-8-21(9-7-15)18(23)17-12(2)20-16(24-17)10-14-4-5-14/h11,14-15H,4-10H2,1-3H3,(H,19,22)/t11-/m0/s1. The van der Waals surface area contributed by atoms with Crippen molar-refractivity contribution in [3.8, 4) is 0 Å². The number of piperidine rings is 1.